The molecule has 0 fully saturated rings. The standard InChI is InChI=1S/C11H15BrN6/c1-6(2)11-14-7(5-8(13-3)15-11)9-10(12)16-17-18(9)4/h5-6H,1-4H3,(H,13,14,15). The lowest BCUT2D eigenvalue weighted by atomic mass is 10.2. The lowest BCUT2D eigenvalue weighted by Crippen LogP contribution is -2.05. The lowest BCUT2D eigenvalue weighted by Gasteiger charge is -2.10. The molecule has 0 aliphatic rings. The Hall–Kier alpha value is -1.50. The Morgan fingerprint density at radius 3 is 2.56 bits per heavy atom. The molecule has 0 radical (unpaired) electrons. The molecule has 2 rings (SSSR count). The molecule has 0 spiro atoms. The van der Waals surface area contributed by atoms with Crippen molar-refractivity contribution in [3.05, 3.63) is 16.5 Å². The average molecular weight is 311 g/mol. The second kappa shape index (κ2) is 5.01. The Morgan fingerprint density at radius 1 is 1.33 bits per heavy atom. The van der Waals surface area contributed by atoms with Gasteiger partial charge in [0.05, 0.1) is 5.69 Å². The number of nitrogens with one attached hydrogen (secondary N) is 1. The largest absolute Gasteiger partial charge is 0.373 e. The molecule has 0 saturated carbocycles. The Bertz CT molecular complexity index is 543. The van der Waals surface area contributed by atoms with Crippen LogP contribution in [0, 0.1) is 0 Å². The number of rotatable bonds is 3. The molecule has 0 aliphatic carbocycles. The highest BCUT2D eigenvalue weighted by Gasteiger charge is 2.15. The summed E-state index contributed by atoms with van der Waals surface area (Å²) in [6.45, 7) is 4.13. The third-order valence-electron chi connectivity index (χ3n) is 2.54. The molecule has 0 saturated heterocycles. The average Bonchev–Trinajstić information content (AvgIpc) is 2.68. The fourth-order valence-electron chi connectivity index (χ4n) is 1.58. The maximum absolute atomic E-state index is 4.56. The van der Waals surface area contributed by atoms with Crippen molar-refractivity contribution in [3.8, 4) is 11.4 Å². The summed E-state index contributed by atoms with van der Waals surface area (Å²) >= 11 is 3.39. The number of anilines is 1. The van der Waals surface area contributed by atoms with E-state index in [9.17, 15) is 0 Å². The Balaban J connectivity index is 2.60. The van der Waals surface area contributed by atoms with Crippen molar-refractivity contribution < 1.29 is 0 Å². The van der Waals surface area contributed by atoms with Crippen LogP contribution in [0.5, 0.6) is 0 Å². The minimum Gasteiger partial charge on any atom is -0.373 e. The van der Waals surface area contributed by atoms with E-state index in [0.29, 0.717) is 4.60 Å². The zero-order valence-electron chi connectivity index (χ0n) is 10.8. The number of hydrogen-bond donors (Lipinski definition) is 1. The molecule has 0 aromatic carbocycles. The van der Waals surface area contributed by atoms with Crippen molar-refractivity contribution in [1.82, 2.24) is 25.0 Å². The Kier molecular flexibility index (Phi) is 3.60. The topological polar surface area (TPSA) is 68.5 Å². The van der Waals surface area contributed by atoms with E-state index in [1.807, 2.05) is 20.2 Å². The molecule has 0 atom stereocenters. The highest BCUT2D eigenvalue weighted by atomic mass is 79.9. The number of nitrogens with zero attached hydrogens (tertiary/aromatic N) is 5. The Labute approximate surface area is 114 Å². The molecule has 18 heavy (non-hydrogen) atoms. The van der Waals surface area contributed by atoms with Crippen LogP contribution in [0.1, 0.15) is 25.6 Å². The predicted octanol–water partition coefficient (Wildman–Crippen LogP) is 2.20. The summed E-state index contributed by atoms with van der Waals surface area (Å²) in [5.74, 6) is 1.85. The van der Waals surface area contributed by atoms with Crippen LogP contribution in [-0.4, -0.2) is 32.0 Å². The molecule has 1 N–H and O–H groups in total. The van der Waals surface area contributed by atoms with Gasteiger partial charge in [0.2, 0.25) is 0 Å². The molecule has 6 nitrogen and oxygen atoms in total. The van der Waals surface area contributed by atoms with E-state index in [1.165, 1.54) is 0 Å². The summed E-state index contributed by atoms with van der Waals surface area (Å²) in [5, 5.41) is 11.0. The summed E-state index contributed by atoms with van der Waals surface area (Å²) in [6.07, 6.45) is 0. The molecule has 0 aliphatic heterocycles. The fraction of sp³-hybridized carbons (Fsp3) is 0.455. The second-order valence-corrected chi connectivity index (χ2v) is 5.00. The number of aryl methyl sites for hydroxylation is 1. The van der Waals surface area contributed by atoms with E-state index in [0.717, 1.165) is 23.0 Å². The summed E-state index contributed by atoms with van der Waals surface area (Å²) in [6, 6.07) is 1.88. The lowest BCUT2D eigenvalue weighted by molar-refractivity contribution is 0.715. The second-order valence-electron chi connectivity index (χ2n) is 4.25. The summed E-state index contributed by atoms with van der Waals surface area (Å²) < 4.78 is 2.37. The highest BCUT2D eigenvalue weighted by Crippen LogP contribution is 2.26. The van der Waals surface area contributed by atoms with Crippen molar-refractivity contribution in [2.75, 3.05) is 12.4 Å². The maximum atomic E-state index is 4.56. The zero-order chi connectivity index (χ0) is 13.3. The highest BCUT2D eigenvalue weighted by molar-refractivity contribution is 9.10. The SMILES string of the molecule is CNc1cc(-c2c(Br)nnn2C)nc(C(C)C)n1. The van der Waals surface area contributed by atoms with Gasteiger partial charge in [-0.15, -0.1) is 5.10 Å². The van der Waals surface area contributed by atoms with E-state index < -0.39 is 0 Å². The quantitative estimate of drug-likeness (QED) is 0.941. The van der Waals surface area contributed by atoms with Gasteiger partial charge in [-0.2, -0.15) is 0 Å². The summed E-state index contributed by atoms with van der Waals surface area (Å²) in [5.41, 5.74) is 1.65. The molecule has 2 aromatic heterocycles. The van der Waals surface area contributed by atoms with Crippen LogP contribution < -0.4 is 5.32 Å². The molecule has 2 heterocycles. The van der Waals surface area contributed by atoms with Crippen molar-refractivity contribution >= 4 is 21.7 Å². The first-order chi connectivity index (χ1) is 8.52. The summed E-state index contributed by atoms with van der Waals surface area (Å²) in [7, 11) is 3.68. The minimum absolute atomic E-state index is 0.261. The Morgan fingerprint density at radius 2 is 2.06 bits per heavy atom. The van der Waals surface area contributed by atoms with Crippen LogP contribution in [0.25, 0.3) is 11.4 Å². The van der Waals surface area contributed by atoms with E-state index >= 15 is 0 Å². The zero-order valence-corrected chi connectivity index (χ0v) is 12.4. The van der Waals surface area contributed by atoms with Crippen molar-refractivity contribution in [2.45, 2.75) is 19.8 Å². The van der Waals surface area contributed by atoms with Crippen LogP contribution in [0.3, 0.4) is 0 Å². The van der Waals surface area contributed by atoms with Crippen LogP contribution >= 0.6 is 15.9 Å². The van der Waals surface area contributed by atoms with Gasteiger partial charge < -0.3 is 5.32 Å². The molecule has 0 bridgehead atoms. The molecule has 0 unspecified atom stereocenters. The van der Waals surface area contributed by atoms with Gasteiger partial charge in [0.15, 0.2) is 4.60 Å². The van der Waals surface area contributed by atoms with Gasteiger partial charge in [0.1, 0.15) is 17.3 Å². The van der Waals surface area contributed by atoms with Gasteiger partial charge in [-0.3, -0.25) is 0 Å². The molecule has 0 amide bonds. The number of halogens is 1. The maximum Gasteiger partial charge on any atom is 0.157 e. The smallest absolute Gasteiger partial charge is 0.157 e. The molecular formula is C11H15BrN6. The van der Waals surface area contributed by atoms with Crippen LogP contribution in [0.4, 0.5) is 5.82 Å². The van der Waals surface area contributed by atoms with E-state index in [2.05, 4.69) is 55.4 Å². The predicted molar refractivity (Wildman–Crippen MR) is 73.4 cm³/mol. The van der Waals surface area contributed by atoms with Gasteiger partial charge in [0.25, 0.3) is 0 Å². The molecule has 96 valence electrons. The molecule has 2 aromatic rings. The van der Waals surface area contributed by atoms with E-state index in [-0.39, 0.29) is 5.92 Å². The van der Waals surface area contributed by atoms with Crippen LogP contribution in [0.2, 0.25) is 0 Å². The molecule has 7 heteroatoms. The minimum atomic E-state index is 0.261. The first kappa shape index (κ1) is 12.9. The van der Waals surface area contributed by atoms with E-state index in [4.69, 9.17) is 0 Å². The third-order valence-corrected chi connectivity index (χ3v) is 3.08. The summed E-state index contributed by atoms with van der Waals surface area (Å²) in [4.78, 5) is 9.00. The monoisotopic (exact) mass is 310 g/mol. The fourth-order valence-corrected chi connectivity index (χ4v) is 2.11. The van der Waals surface area contributed by atoms with Crippen molar-refractivity contribution in [2.24, 2.45) is 7.05 Å². The normalized spacial score (nSPS) is 11.0. The van der Waals surface area contributed by atoms with Gasteiger partial charge >= 0.3 is 0 Å². The van der Waals surface area contributed by atoms with Gasteiger partial charge in [-0.05, 0) is 15.9 Å². The van der Waals surface area contributed by atoms with Crippen LogP contribution in [0.15, 0.2) is 10.7 Å². The third kappa shape index (κ3) is 2.35. The first-order valence-electron chi connectivity index (χ1n) is 5.65. The molecular weight excluding hydrogens is 296 g/mol. The first-order valence-corrected chi connectivity index (χ1v) is 6.44. The number of aromatic nitrogens is 5. The van der Waals surface area contributed by atoms with Gasteiger partial charge in [-0.1, -0.05) is 19.1 Å². The van der Waals surface area contributed by atoms with Crippen molar-refractivity contribution in [1.29, 1.82) is 0 Å². The van der Waals surface area contributed by atoms with Gasteiger partial charge in [0, 0.05) is 26.1 Å². The van der Waals surface area contributed by atoms with E-state index in [1.54, 1.807) is 4.68 Å². The van der Waals surface area contributed by atoms with Gasteiger partial charge in [-0.25, -0.2) is 14.6 Å². The van der Waals surface area contributed by atoms with Crippen molar-refractivity contribution in [3.63, 3.8) is 0 Å². The number of hydrogen-bond acceptors (Lipinski definition) is 5. The van der Waals surface area contributed by atoms with Crippen LogP contribution in [-0.2, 0) is 7.05 Å².